The van der Waals surface area contributed by atoms with E-state index in [1.165, 1.54) is 0 Å². The number of carbonyl (C=O) groups is 1. The molecule has 3 rings (SSSR count). The van der Waals surface area contributed by atoms with Crippen LogP contribution < -0.4 is 4.74 Å². The fourth-order valence-electron chi connectivity index (χ4n) is 3.23. The summed E-state index contributed by atoms with van der Waals surface area (Å²) < 4.78 is 5.96. The third-order valence-corrected chi connectivity index (χ3v) is 4.91. The van der Waals surface area contributed by atoms with Gasteiger partial charge in [0.15, 0.2) is 0 Å². The van der Waals surface area contributed by atoms with E-state index in [-0.39, 0.29) is 12.0 Å². The summed E-state index contributed by atoms with van der Waals surface area (Å²) in [6, 6.07) is 11.5. The normalized spacial score (nSPS) is 15.6. The molecule has 27 heavy (non-hydrogen) atoms. The SMILES string of the molecule is CC(C)(O)CCc1ccc(C(=O)N2CCC(Oc3ccncc3)CC2)cc1. The first-order valence-corrected chi connectivity index (χ1v) is 9.58. The van der Waals surface area contributed by atoms with Crippen LogP contribution in [0, 0.1) is 0 Å². The number of ether oxygens (including phenoxy) is 1. The zero-order chi connectivity index (χ0) is 19.3. The topological polar surface area (TPSA) is 62.7 Å². The van der Waals surface area contributed by atoms with Gasteiger partial charge >= 0.3 is 0 Å². The maximum Gasteiger partial charge on any atom is 0.253 e. The summed E-state index contributed by atoms with van der Waals surface area (Å²) in [5.41, 5.74) is 1.19. The van der Waals surface area contributed by atoms with Crippen LogP contribution in [0.25, 0.3) is 0 Å². The van der Waals surface area contributed by atoms with Crippen LogP contribution in [0.5, 0.6) is 5.75 Å². The van der Waals surface area contributed by atoms with E-state index in [4.69, 9.17) is 4.74 Å². The van der Waals surface area contributed by atoms with Crippen molar-refractivity contribution >= 4 is 5.91 Å². The molecule has 0 spiro atoms. The predicted octanol–water partition coefficient (Wildman–Crippen LogP) is 3.47. The quantitative estimate of drug-likeness (QED) is 0.848. The first kappa shape index (κ1) is 19.4. The molecule has 144 valence electrons. The van der Waals surface area contributed by atoms with Gasteiger partial charge in [-0.1, -0.05) is 12.1 Å². The van der Waals surface area contributed by atoms with E-state index >= 15 is 0 Å². The Bertz CT molecular complexity index is 730. The number of carbonyl (C=O) groups excluding carboxylic acids is 1. The lowest BCUT2D eigenvalue weighted by atomic mass is 9.98. The molecular weight excluding hydrogens is 340 g/mol. The Labute approximate surface area is 161 Å². The second kappa shape index (κ2) is 8.53. The standard InChI is InChI=1S/C22H28N2O3/c1-22(2,26)12-7-17-3-5-18(6-4-17)21(25)24-15-10-20(11-16-24)27-19-8-13-23-14-9-19/h3-6,8-9,13-14,20,26H,7,10-12,15-16H2,1-2H3. The summed E-state index contributed by atoms with van der Waals surface area (Å²) in [4.78, 5) is 18.6. The molecule has 1 amide bonds. The second-order valence-corrected chi connectivity index (χ2v) is 7.80. The van der Waals surface area contributed by atoms with E-state index in [0.29, 0.717) is 19.5 Å². The van der Waals surface area contributed by atoms with Gasteiger partial charge in [0.25, 0.3) is 5.91 Å². The van der Waals surface area contributed by atoms with Crippen LogP contribution >= 0.6 is 0 Å². The molecule has 1 aliphatic rings. The minimum Gasteiger partial charge on any atom is -0.490 e. The molecule has 0 saturated carbocycles. The lowest BCUT2D eigenvalue weighted by molar-refractivity contribution is 0.0594. The number of benzene rings is 1. The van der Waals surface area contributed by atoms with Crippen molar-refractivity contribution < 1.29 is 14.6 Å². The number of aromatic nitrogens is 1. The summed E-state index contributed by atoms with van der Waals surface area (Å²) in [6.07, 6.45) is 6.75. The molecule has 0 unspecified atom stereocenters. The van der Waals surface area contributed by atoms with E-state index in [1.807, 2.05) is 55.1 Å². The van der Waals surface area contributed by atoms with Crippen LogP contribution in [-0.2, 0) is 6.42 Å². The first-order chi connectivity index (χ1) is 12.9. The number of hydrogen-bond donors (Lipinski definition) is 1. The average molecular weight is 368 g/mol. The fourth-order valence-corrected chi connectivity index (χ4v) is 3.23. The van der Waals surface area contributed by atoms with Gasteiger partial charge in [0.2, 0.25) is 0 Å². The van der Waals surface area contributed by atoms with Gasteiger partial charge in [-0.15, -0.1) is 0 Å². The number of pyridine rings is 1. The molecule has 0 bridgehead atoms. The zero-order valence-corrected chi connectivity index (χ0v) is 16.1. The van der Waals surface area contributed by atoms with E-state index < -0.39 is 5.60 Å². The molecule has 1 aliphatic heterocycles. The smallest absolute Gasteiger partial charge is 0.253 e. The first-order valence-electron chi connectivity index (χ1n) is 9.58. The summed E-state index contributed by atoms with van der Waals surface area (Å²) in [7, 11) is 0. The molecule has 1 N–H and O–H groups in total. The van der Waals surface area contributed by atoms with Crippen LogP contribution in [0.15, 0.2) is 48.8 Å². The molecule has 0 radical (unpaired) electrons. The molecular formula is C22H28N2O3. The monoisotopic (exact) mass is 368 g/mol. The highest BCUT2D eigenvalue weighted by molar-refractivity contribution is 5.94. The lowest BCUT2D eigenvalue weighted by Gasteiger charge is -2.32. The average Bonchev–Trinajstić information content (AvgIpc) is 2.67. The lowest BCUT2D eigenvalue weighted by Crippen LogP contribution is -2.41. The van der Waals surface area contributed by atoms with E-state index in [1.54, 1.807) is 12.4 Å². The molecule has 5 nitrogen and oxygen atoms in total. The van der Waals surface area contributed by atoms with Crippen molar-refractivity contribution in [1.29, 1.82) is 0 Å². The van der Waals surface area contributed by atoms with Gasteiger partial charge in [0.05, 0.1) is 5.60 Å². The van der Waals surface area contributed by atoms with E-state index in [2.05, 4.69) is 4.98 Å². The number of piperidine rings is 1. The molecule has 1 aromatic carbocycles. The molecule has 1 aromatic heterocycles. The Morgan fingerprint density at radius 3 is 2.37 bits per heavy atom. The minimum atomic E-state index is -0.669. The maximum absolute atomic E-state index is 12.7. The highest BCUT2D eigenvalue weighted by atomic mass is 16.5. The van der Waals surface area contributed by atoms with E-state index in [0.717, 1.165) is 36.1 Å². The number of aryl methyl sites for hydroxylation is 1. The van der Waals surface area contributed by atoms with Crippen molar-refractivity contribution in [3.63, 3.8) is 0 Å². The van der Waals surface area contributed by atoms with Crippen LogP contribution in [-0.4, -0.2) is 45.7 Å². The molecule has 1 saturated heterocycles. The Balaban J connectivity index is 1.50. The van der Waals surface area contributed by atoms with Crippen LogP contribution in [0.2, 0.25) is 0 Å². The van der Waals surface area contributed by atoms with Gasteiger partial charge in [-0.05, 0) is 56.5 Å². The second-order valence-electron chi connectivity index (χ2n) is 7.80. The van der Waals surface area contributed by atoms with Crippen molar-refractivity contribution in [3.05, 3.63) is 59.9 Å². The summed E-state index contributed by atoms with van der Waals surface area (Å²) in [5.74, 6) is 0.905. The molecule has 0 atom stereocenters. The van der Waals surface area contributed by atoms with Crippen LogP contribution in [0.1, 0.15) is 49.0 Å². The molecule has 0 aliphatic carbocycles. The molecule has 1 fully saturated rings. The van der Waals surface area contributed by atoms with Gasteiger partial charge < -0.3 is 14.7 Å². The largest absolute Gasteiger partial charge is 0.490 e. The van der Waals surface area contributed by atoms with Crippen molar-refractivity contribution in [2.75, 3.05) is 13.1 Å². The Kier molecular flexibility index (Phi) is 6.11. The third-order valence-electron chi connectivity index (χ3n) is 4.91. The molecule has 2 aromatic rings. The molecule has 5 heteroatoms. The number of aliphatic hydroxyl groups is 1. The number of hydrogen-bond acceptors (Lipinski definition) is 4. The number of nitrogens with zero attached hydrogens (tertiary/aromatic N) is 2. The highest BCUT2D eigenvalue weighted by Crippen LogP contribution is 2.20. The summed E-state index contributed by atoms with van der Waals surface area (Å²) in [5, 5.41) is 9.83. The van der Waals surface area contributed by atoms with Crippen LogP contribution in [0.3, 0.4) is 0 Å². The highest BCUT2D eigenvalue weighted by Gasteiger charge is 2.24. The minimum absolute atomic E-state index is 0.0754. The van der Waals surface area contributed by atoms with Gasteiger partial charge in [-0.3, -0.25) is 9.78 Å². The van der Waals surface area contributed by atoms with Crippen LogP contribution in [0.4, 0.5) is 0 Å². The van der Waals surface area contributed by atoms with Gasteiger partial charge in [0.1, 0.15) is 11.9 Å². The predicted molar refractivity (Wildman–Crippen MR) is 105 cm³/mol. The van der Waals surface area contributed by atoms with Crippen molar-refractivity contribution in [1.82, 2.24) is 9.88 Å². The summed E-state index contributed by atoms with van der Waals surface area (Å²) in [6.45, 7) is 5.03. The third kappa shape index (κ3) is 5.79. The Morgan fingerprint density at radius 2 is 1.78 bits per heavy atom. The van der Waals surface area contributed by atoms with Crippen molar-refractivity contribution in [2.24, 2.45) is 0 Å². The fraction of sp³-hybridized carbons (Fsp3) is 0.455. The van der Waals surface area contributed by atoms with Gasteiger partial charge in [0, 0.05) is 43.9 Å². The van der Waals surface area contributed by atoms with Crippen molar-refractivity contribution in [3.8, 4) is 5.75 Å². The maximum atomic E-state index is 12.7. The van der Waals surface area contributed by atoms with Gasteiger partial charge in [-0.25, -0.2) is 0 Å². The zero-order valence-electron chi connectivity index (χ0n) is 16.1. The van der Waals surface area contributed by atoms with Crippen molar-refractivity contribution in [2.45, 2.75) is 51.2 Å². The number of amides is 1. The van der Waals surface area contributed by atoms with E-state index in [9.17, 15) is 9.90 Å². The van der Waals surface area contributed by atoms with Gasteiger partial charge in [-0.2, -0.15) is 0 Å². The summed E-state index contributed by atoms with van der Waals surface area (Å²) >= 11 is 0. The number of rotatable bonds is 6. The number of likely N-dealkylation sites (tertiary alicyclic amines) is 1. The molecule has 2 heterocycles. The Hall–Kier alpha value is -2.40. The Morgan fingerprint density at radius 1 is 1.15 bits per heavy atom.